The lowest BCUT2D eigenvalue weighted by Gasteiger charge is -2.35. The van der Waals surface area contributed by atoms with Crippen molar-refractivity contribution in [2.45, 2.75) is 65.6 Å². The summed E-state index contributed by atoms with van der Waals surface area (Å²) in [7, 11) is 1.35. The summed E-state index contributed by atoms with van der Waals surface area (Å²) >= 11 is 0. The molecule has 0 aliphatic rings. The van der Waals surface area contributed by atoms with Crippen LogP contribution in [0.1, 0.15) is 59.6 Å². The zero-order valence-electron chi connectivity index (χ0n) is 16.4. The van der Waals surface area contributed by atoms with Gasteiger partial charge in [0.25, 0.3) is 0 Å². The van der Waals surface area contributed by atoms with Gasteiger partial charge in [-0.25, -0.2) is 0 Å². The lowest BCUT2D eigenvalue weighted by Crippen LogP contribution is -2.50. The zero-order valence-corrected chi connectivity index (χ0v) is 16.4. The maximum atomic E-state index is 12.4. The molecule has 0 spiro atoms. The van der Waals surface area contributed by atoms with Gasteiger partial charge in [-0.1, -0.05) is 44.2 Å². The molecule has 1 N–H and O–H groups in total. The van der Waals surface area contributed by atoms with Crippen LogP contribution in [0.3, 0.4) is 0 Å². The van der Waals surface area contributed by atoms with Gasteiger partial charge in [0.1, 0.15) is 11.6 Å². The van der Waals surface area contributed by atoms with Crippen molar-refractivity contribution in [3.05, 3.63) is 35.9 Å². The summed E-state index contributed by atoms with van der Waals surface area (Å²) in [5.74, 6) is -0.725. The van der Waals surface area contributed by atoms with E-state index >= 15 is 0 Å². The van der Waals surface area contributed by atoms with Crippen LogP contribution < -0.4 is 5.32 Å². The van der Waals surface area contributed by atoms with Crippen molar-refractivity contribution in [1.29, 1.82) is 0 Å². The Labute approximate surface area is 151 Å². The summed E-state index contributed by atoms with van der Waals surface area (Å²) in [4.78, 5) is 24.6. The Morgan fingerprint density at radius 2 is 1.64 bits per heavy atom. The monoisotopic (exact) mass is 349 g/mol. The molecule has 2 atom stereocenters. The lowest BCUT2D eigenvalue weighted by atomic mass is 9.80. The second kappa shape index (κ2) is 8.48. The zero-order chi connectivity index (χ0) is 19.3. The molecular formula is C20H31NO4. The van der Waals surface area contributed by atoms with E-state index in [0.29, 0.717) is 0 Å². The molecule has 140 valence electrons. The molecule has 5 nitrogen and oxygen atoms in total. The quantitative estimate of drug-likeness (QED) is 0.762. The van der Waals surface area contributed by atoms with Crippen LogP contribution in [-0.4, -0.2) is 30.7 Å². The molecule has 0 amide bonds. The van der Waals surface area contributed by atoms with Crippen molar-refractivity contribution < 1.29 is 19.1 Å². The molecule has 0 aliphatic carbocycles. The molecule has 1 aromatic rings. The minimum Gasteiger partial charge on any atom is -0.468 e. The van der Waals surface area contributed by atoms with Gasteiger partial charge < -0.3 is 9.47 Å². The Balaban J connectivity index is 2.93. The van der Waals surface area contributed by atoms with Crippen LogP contribution in [0.15, 0.2) is 30.3 Å². The summed E-state index contributed by atoms with van der Waals surface area (Å²) in [6.45, 7) is 11.2. The second-order valence-corrected chi connectivity index (χ2v) is 8.01. The lowest BCUT2D eigenvalue weighted by molar-refractivity contribution is -0.159. The highest BCUT2D eigenvalue weighted by Crippen LogP contribution is 2.30. The van der Waals surface area contributed by atoms with Crippen molar-refractivity contribution >= 4 is 11.9 Å². The summed E-state index contributed by atoms with van der Waals surface area (Å²) in [5, 5.41) is 3.31. The Kier molecular flexibility index (Phi) is 7.17. The van der Waals surface area contributed by atoms with Crippen LogP contribution in [0.25, 0.3) is 0 Å². The number of benzene rings is 1. The van der Waals surface area contributed by atoms with Crippen LogP contribution in [0.4, 0.5) is 0 Å². The molecule has 25 heavy (non-hydrogen) atoms. The predicted molar refractivity (Wildman–Crippen MR) is 98.0 cm³/mol. The van der Waals surface area contributed by atoms with E-state index in [1.165, 1.54) is 7.11 Å². The highest BCUT2D eigenvalue weighted by Gasteiger charge is 2.39. The number of esters is 2. The third-order valence-corrected chi connectivity index (χ3v) is 3.95. The fraction of sp³-hybridized carbons (Fsp3) is 0.600. The van der Waals surface area contributed by atoms with Crippen molar-refractivity contribution in [3.63, 3.8) is 0 Å². The average molecular weight is 349 g/mol. The molecule has 0 aromatic heterocycles. The number of hydrogen-bond donors (Lipinski definition) is 1. The number of carbonyl (C=O) groups excluding carboxylic acids is 2. The number of hydrogen-bond acceptors (Lipinski definition) is 5. The molecule has 0 bridgehead atoms. The maximum Gasteiger partial charge on any atom is 0.323 e. The normalized spacial score (nSPS) is 14.5. The molecule has 0 aliphatic heterocycles. The van der Waals surface area contributed by atoms with Crippen molar-refractivity contribution in [1.82, 2.24) is 5.32 Å². The van der Waals surface area contributed by atoms with Crippen molar-refractivity contribution in [2.24, 2.45) is 5.41 Å². The second-order valence-electron chi connectivity index (χ2n) is 8.01. The molecule has 0 unspecified atom stereocenters. The minimum absolute atomic E-state index is 0.0665. The highest BCUT2D eigenvalue weighted by molar-refractivity contribution is 5.79. The fourth-order valence-electron chi connectivity index (χ4n) is 2.67. The van der Waals surface area contributed by atoms with Gasteiger partial charge in [0.05, 0.1) is 13.5 Å². The van der Waals surface area contributed by atoms with Gasteiger partial charge in [-0.15, -0.1) is 0 Å². The minimum atomic E-state index is -0.668. The molecule has 0 heterocycles. The fourth-order valence-corrected chi connectivity index (χ4v) is 2.67. The first kappa shape index (κ1) is 21.2. The Bertz CT molecular complexity index is 575. The van der Waals surface area contributed by atoms with Gasteiger partial charge in [0.15, 0.2) is 0 Å². The molecule has 5 heteroatoms. The number of nitrogens with one attached hydrogen (secondary N) is 1. The summed E-state index contributed by atoms with van der Waals surface area (Å²) < 4.78 is 10.4. The van der Waals surface area contributed by atoms with Crippen LogP contribution >= 0.6 is 0 Å². The molecular weight excluding hydrogens is 318 g/mol. The van der Waals surface area contributed by atoms with E-state index in [0.717, 1.165) is 5.56 Å². The first-order valence-corrected chi connectivity index (χ1v) is 8.57. The SMILES string of the molecule is COC(=O)[C@H](N[C@H](C)c1ccccc1)C(C)(C)CC(=O)OC(C)(C)C. The summed E-state index contributed by atoms with van der Waals surface area (Å²) in [5.41, 5.74) is -0.165. The summed E-state index contributed by atoms with van der Waals surface area (Å²) in [6.07, 6.45) is 0.110. The average Bonchev–Trinajstić information content (AvgIpc) is 2.49. The number of methoxy groups -OCH3 is 1. The number of ether oxygens (including phenoxy) is 2. The first-order valence-electron chi connectivity index (χ1n) is 8.57. The van der Waals surface area contributed by atoms with Gasteiger partial charge in [0, 0.05) is 11.5 Å². The van der Waals surface area contributed by atoms with E-state index in [4.69, 9.17) is 9.47 Å². The number of rotatable bonds is 7. The highest BCUT2D eigenvalue weighted by atomic mass is 16.6. The molecule has 1 aromatic carbocycles. The first-order chi connectivity index (χ1) is 11.5. The Morgan fingerprint density at radius 3 is 2.12 bits per heavy atom. The van der Waals surface area contributed by atoms with Gasteiger partial charge in [-0.05, 0) is 33.3 Å². The van der Waals surface area contributed by atoms with E-state index in [1.54, 1.807) is 0 Å². The van der Waals surface area contributed by atoms with Gasteiger partial charge in [-0.3, -0.25) is 14.9 Å². The van der Waals surface area contributed by atoms with Crippen LogP contribution in [-0.2, 0) is 19.1 Å². The van der Waals surface area contributed by atoms with Crippen LogP contribution in [0.2, 0.25) is 0 Å². The maximum absolute atomic E-state index is 12.4. The smallest absolute Gasteiger partial charge is 0.323 e. The van der Waals surface area contributed by atoms with Crippen molar-refractivity contribution in [3.8, 4) is 0 Å². The van der Waals surface area contributed by atoms with E-state index < -0.39 is 23.0 Å². The third kappa shape index (κ3) is 6.86. The van der Waals surface area contributed by atoms with Gasteiger partial charge >= 0.3 is 11.9 Å². The Hall–Kier alpha value is -1.88. The molecule has 0 saturated heterocycles. The molecule has 0 saturated carbocycles. The van der Waals surface area contributed by atoms with Crippen LogP contribution in [0.5, 0.6) is 0 Å². The Morgan fingerprint density at radius 1 is 1.08 bits per heavy atom. The predicted octanol–water partition coefficient (Wildman–Crippen LogP) is 3.64. The largest absolute Gasteiger partial charge is 0.468 e. The molecule has 1 rings (SSSR count). The summed E-state index contributed by atoms with van der Waals surface area (Å²) in [6, 6.07) is 9.13. The van der Waals surface area contributed by atoms with Gasteiger partial charge in [-0.2, -0.15) is 0 Å². The van der Waals surface area contributed by atoms with Gasteiger partial charge in [0.2, 0.25) is 0 Å². The van der Waals surface area contributed by atoms with Crippen LogP contribution in [0, 0.1) is 5.41 Å². The van der Waals surface area contributed by atoms with E-state index in [1.807, 2.05) is 71.9 Å². The molecule has 0 fully saturated rings. The standard InChI is InChI=1S/C20H31NO4/c1-14(15-11-9-8-10-12-15)21-17(18(23)24-7)20(5,6)13-16(22)25-19(2,3)4/h8-12,14,17,21H,13H2,1-7H3/t14-,17+/m1/s1. The third-order valence-electron chi connectivity index (χ3n) is 3.95. The number of carbonyl (C=O) groups is 2. The van der Waals surface area contributed by atoms with E-state index in [2.05, 4.69) is 5.32 Å². The van der Waals surface area contributed by atoms with Crippen molar-refractivity contribution in [2.75, 3.05) is 7.11 Å². The molecule has 0 radical (unpaired) electrons. The topological polar surface area (TPSA) is 64.6 Å². The van der Waals surface area contributed by atoms with E-state index in [-0.39, 0.29) is 18.4 Å². The van der Waals surface area contributed by atoms with E-state index in [9.17, 15) is 9.59 Å².